The van der Waals surface area contributed by atoms with E-state index in [9.17, 15) is 9.59 Å². The minimum Gasteiger partial charge on any atom is -0.453 e. The van der Waals surface area contributed by atoms with Crippen molar-refractivity contribution in [2.45, 2.75) is 76.2 Å². The number of fused-ring (bicyclic) bond motifs is 1. The van der Waals surface area contributed by atoms with Crippen molar-refractivity contribution < 1.29 is 14.3 Å². The number of rotatable bonds is 6. The Morgan fingerprint density at radius 3 is 2.96 bits per heavy atom. The summed E-state index contributed by atoms with van der Waals surface area (Å²) in [7, 11) is 1.42. The molecule has 1 amide bonds. The first kappa shape index (κ1) is 18.9. The van der Waals surface area contributed by atoms with E-state index in [0.717, 1.165) is 50.7 Å². The number of benzene rings is 1. The van der Waals surface area contributed by atoms with Crippen molar-refractivity contribution in [2.75, 3.05) is 7.11 Å². The Balaban J connectivity index is 1.62. The third-order valence-electron chi connectivity index (χ3n) is 6.30. The summed E-state index contributed by atoms with van der Waals surface area (Å²) >= 11 is 0. The number of hydrogen-bond donors (Lipinski definition) is 1. The Hall–Kier alpha value is -1.84. The molecule has 1 saturated carbocycles. The fraction of sp³-hybridized carbons (Fsp3) is 0.636. The molecule has 2 aliphatic carbocycles. The van der Waals surface area contributed by atoms with Crippen molar-refractivity contribution in [1.29, 1.82) is 0 Å². The molecule has 0 saturated heterocycles. The summed E-state index contributed by atoms with van der Waals surface area (Å²) in [6, 6.07) is 7.02. The van der Waals surface area contributed by atoms with Crippen LogP contribution >= 0.6 is 0 Å². The van der Waals surface area contributed by atoms with Crippen LogP contribution in [0.2, 0.25) is 0 Å². The van der Waals surface area contributed by atoms with Gasteiger partial charge in [-0.15, -0.1) is 0 Å². The van der Waals surface area contributed by atoms with Crippen LogP contribution in [-0.4, -0.2) is 25.0 Å². The molecule has 0 spiro atoms. The van der Waals surface area contributed by atoms with Gasteiger partial charge in [0.05, 0.1) is 7.11 Å². The largest absolute Gasteiger partial charge is 0.453 e. The van der Waals surface area contributed by atoms with E-state index in [1.165, 1.54) is 36.6 Å². The summed E-state index contributed by atoms with van der Waals surface area (Å²) in [5.74, 6) is 1.24. The highest BCUT2D eigenvalue weighted by Crippen LogP contribution is 2.42. The van der Waals surface area contributed by atoms with E-state index >= 15 is 0 Å². The van der Waals surface area contributed by atoms with E-state index in [-0.39, 0.29) is 11.6 Å². The maximum Gasteiger partial charge on any atom is 0.407 e. The molecule has 3 rings (SSSR count). The number of unbranched alkanes of at least 4 members (excludes halogenated alkanes) is 1. The lowest BCUT2D eigenvalue weighted by Crippen LogP contribution is -2.43. The summed E-state index contributed by atoms with van der Waals surface area (Å²) in [5, 5.41) is 3.01. The lowest BCUT2D eigenvalue weighted by atomic mass is 9.80. The van der Waals surface area contributed by atoms with Gasteiger partial charge in [0.1, 0.15) is 6.29 Å². The van der Waals surface area contributed by atoms with Gasteiger partial charge in [-0.1, -0.05) is 18.2 Å². The SMILES string of the molecule is COC(=O)N[C@]1(C)CC[C@H](c2ccc3c(c2)CC[C@@H](CCCC=O)C3)C1. The van der Waals surface area contributed by atoms with Crippen molar-refractivity contribution in [3.05, 3.63) is 34.9 Å². The van der Waals surface area contributed by atoms with Gasteiger partial charge in [0.2, 0.25) is 0 Å². The zero-order chi connectivity index (χ0) is 18.6. The van der Waals surface area contributed by atoms with Gasteiger partial charge in [0.25, 0.3) is 0 Å². The number of nitrogens with one attached hydrogen (secondary N) is 1. The lowest BCUT2D eigenvalue weighted by molar-refractivity contribution is -0.108. The average molecular weight is 357 g/mol. The second-order valence-corrected chi connectivity index (χ2v) is 8.35. The summed E-state index contributed by atoms with van der Waals surface area (Å²) < 4.78 is 4.77. The fourth-order valence-corrected chi connectivity index (χ4v) is 4.78. The highest BCUT2D eigenvalue weighted by molar-refractivity contribution is 5.68. The topological polar surface area (TPSA) is 55.4 Å². The third-order valence-corrected chi connectivity index (χ3v) is 6.30. The highest BCUT2D eigenvalue weighted by atomic mass is 16.5. The molecule has 0 unspecified atom stereocenters. The van der Waals surface area contributed by atoms with Crippen LogP contribution in [0.15, 0.2) is 18.2 Å². The standard InChI is InChI=1S/C22H31NO3/c1-22(23-21(25)26-2)11-10-20(15-22)19-9-8-17-13-16(5-3-4-12-24)6-7-18(17)14-19/h8-9,12,14,16,20H,3-7,10-11,13,15H2,1-2H3,(H,23,25)/t16-,20+,22-/m1/s1. The molecule has 4 nitrogen and oxygen atoms in total. The number of amides is 1. The van der Waals surface area contributed by atoms with Crippen LogP contribution in [0.1, 0.15) is 74.5 Å². The summed E-state index contributed by atoms with van der Waals surface area (Å²) in [5.41, 5.74) is 4.24. The number of alkyl carbamates (subject to hydrolysis) is 1. The molecular weight excluding hydrogens is 326 g/mol. The third kappa shape index (κ3) is 4.46. The normalized spacial score (nSPS) is 27.6. The zero-order valence-corrected chi connectivity index (χ0v) is 16.1. The van der Waals surface area contributed by atoms with E-state index in [2.05, 4.69) is 30.4 Å². The van der Waals surface area contributed by atoms with Crippen LogP contribution in [0.5, 0.6) is 0 Å². The molecule has 0 heterocycles. The van der Waals surface area contributed by atoms with Gasteiger partial charge >= 0.3 is 6.09 Å². The van der Waals surface area contributed by atoms with Crippen LogP contribution in [0, 0.1) is 5.92 Å². The van der Waals surface area contributed by atoms with Gasteiger partial charge in [-0.05, 0) is 86.8 Å². The first-order valence-electron chi connectivity index (χ1n) is 9.94. The van der Waals surface area contributed by atoms with Crippen LogP contribution in [0.4, 0.5) is 4.79 Å². The number of hydrogen-bond acceptors (Lipinski definition) is 3. The first-order chi connectivity index (χ1) is 12.5. The molecule has 2 aliphatic rings. The monoisotopic (exact) mass is 357 g/mol. The van der Waals surface area contributed by atoms with Gasteiger partial charge in [-0.25, -0.2) is 4.79 Å². The van der Waals surface area contributed by atoms with Crippen LogP contribution in [0.3, 0.4) is 0 Å². The number of aryl methyl sites for hydroxylation is 1. The molecular formula is C22H31NO3. The van der Waals surface area contributed by atoms with E-state index in [4.69, 9.17) is 4.74 Å². The zero-order valence-electron chi connectivity index (χ0n) is 16.1. The number of carbonyl (C=O) groups excluding carboxylic acids is 2. The first-order valence-corrected chi connectivity index (χ1v) is 9.94. The molecule has 0 aliphatic heterocycles. The molecule has 26 heavy (non-hydrogen) atoms. The second-order valence-electron chi connectivity index (χ2n) is 8.35. The van der Waals surface area contributed by atoms with E-state index in [1.807, 2.05) is 0 Å². The Kier molecular flexibility index (Phi) is 6.00. The van der Waals surface area contributed by atoms with Gasteiger partial charge < -0.3 is 14.8 Å². The Labute approximate surface area is 156 Å². The minimum atomic E-state index is -0.334. The van der Waals surface area contributed by atoms with Crippen LogP contribution < -0.4 is 5.32 Å². The van der Waals surface area contributed by atoms with E-state index in [1.54, 1.807) is 0 Å². The molecule has 142 valence electrons. The maximum atomic E-state index is 11.6. The lowest BCUT2D eigenvalue weighted by Gasteiger charge is -2.27. The van der Waals surface area contributed by atoms with Crippen molar-refractivity contribution in [3.63, 3.8) is 0 Å². The number of aldehydes is 1. The van der Waals surface area contributed by atoms with Crippen molar-refractivity contribution in [1.82, 2.24) is 5.32 Å². The van der Waals surface area contributed by atoms with Gasteiger partial charge in [0.15, 0.2) is 0 Å². The smallest absolute Gasteiger partial charge is 0.407 e. The fourth-order valence-electron chi connectivity index (χ4n) is 4.78. The number of methoxy groups -OCH3 is 1. The van der Waals surface area contributed by atoms with Crippen LogP contribution in [0.25, 0.3) is 0 Å². The molecule has 1 aromatic rings. The molecule has 1 aromatic carbocycles. The van der Waals surface area contributed by atoms with Gasteiger partial charge in [-0.3, -0.25) is 0 Å². The summed E-state index contributed by atoms with van der Waals surface area (Å²) in [6.45, 7) is 2.12. The number of carbonyl (C=O) groups is 2. The van der Waals surface area contributed by atoms with Gasteiger partial charge in [-0.2, -0.15) is 0 Å². The molecule has 0 bridgehead atoms. The van der Waals surface area contributed by atoms with Gasteiger partial charge in [0, 0.05) is 12.0 Å². The molecule has 0 aromatic heterocycles. The predicted octanol–water partition coefficient (Wildman–Crippen LogP) is 4.54. The second kappa shape index (κ2) is 8.24. The summed E-state index contributed by atoms with van der Waals surface area (Å²) in [4.78, 5) is 22.1. The Morgan fingerprint density at radius 2 is 2.19 bits per heavy atom. The van der Waals surface area contributed by atoms with Crippen molar-refractivity contribution >= 4 is 12.4 Å². The highest BCUT2D eigenvalue weighted by Gasteiger charge is 2.37. The van der Waals surface area contributed by atoms with E-state index in [0.29, 0.717) is 12.3 Å². The minimum absolute atomic E-state index is 0.169. The Bertz CT molecular complexity index is 657. The summed E-state index contributed by atoms with van der Waals surface area (Å²) in [6.07, 6.45) is 10.2. The predicted molar refractivity (Wildman–Crippen MR) is 102 cm³/mol. The van der Waals surface area contributed by atoms with Crippen molar-refractivity contribution in [3.8, 4) is 0 Å². The quantitative estimate of drug-likeness (QED) is 0.600. The van der Waals surface area contributed by atoms with E-state index < -0.39 is 0 Å². The van der Waals surface area contributed by atoms with Crippen molar-refractivity contribution in [2.24, 2.45) is 5.92 Å². The average Bonchev–Trinajstić information content (AvgIpc) is 3.03. The molecule has 0 radical (unpaired) electrons. The molecule has 3 atom stereocenters. The van der Waals surface area contributed by atoms with Crippen LogP contribution in [-0.2, 0) is 22.4 Å². The molecule has 4 heteroatoms. The molecule has 1 fully saturated rings. The molecule has 1 N–H and O–H groups in total. The number of ether oxygens (including phenoxy) is 1. The Morgan fingerprint density at radius 1 is 1.35 bits per heavy atom. The maximum absolute atomic E-state index is 11.6.